The van der Waals surface area contributed by atoms with E-state index >= 15 is 0 Å². The van der Waals surface area contributed by atoms with Crippen molar-refractivity contribution in [2.75, 3.05) is 0 Å². The number of fused-ring (bicyclic) bond motifs is 1. The van der Waals surface area contributed by atoms with Gasteiger partial charge in [-0.1, -0.05) is 11.8 Å². The van der Waals surface area contributed by atoms with E-state index in [0.717, 1.165) is 41.0 Å². The minimum absolute atomic E-state index is 0.155. The highest BCUT2D eigenvalue weighted by atomic mass is 32.2. The molecule has 0 bridgehead atoms. The fourth-order valence-electron chi connectivity index (χ4n) is 4.62. The molecule has 1 aromatic carbocycles. The Bertz CT molecular complexity index is 1480. The van der Waals surface area contributed by atoms with Gasteiger partial charge < -0.3 is 5.11 Å². The van der Waals surface area contributed by atoms with E-state index in [1.54, 1.807) is 10.6 Å². The van der Waals surface area contributed by atoms with Crippen LogP contribution in [-0.4, -0.2) is 30.6 Å². The van der Waals surface area contributed by atoms with Crippen LogP contribution in [0.2, 0.25) is 0 Å². The van der Waals surface area contributed by atoms with E-state index in [9.17, 15) is 20.0 Å². The van der Waals surface area contributed by atoms with Crippen LogP contribution in [0.3, 0.4) is 0 Å². The van der Waals surface area contributed by atoms with Gasteiger partial charge in [-0.15, -0.1) is 0 Å². The normalized spacial score (nSPS) is 18.0. The monoisotopic (exact) mass is 472 g/mol. The fraction of sp³-hybridized carbons (Fsp3) is 0.280. The van der Waals surface area contributed by atoms with E-state index in [0.29, 0.717) is 22.4 Å². The Morgan fingerprint density at radius 2 is 1.91 bits per heavy atom. The molecular formula is C25H21FN6OS. The molecule has 0 aliphatic heterocycles. The maximum Gasteiger partial charge on any atom is 0.124 e. The second kappa shape index (κ2) is 8.94. The standard InChI is InChI=1S/C25H21FN6OS/c1-15-22(13-30-32(15)20-3-2-4-21(33)9-20)17-8-24(25-18(11-28)12-29-31(25)14-17)34-23-6-5-19(26)7-16(23)10-27/h5-8,12-14,20-21,33H,2-4,9H2,1H3/t20-,21-/m0/s1. The van der Waals surface area contributed by atoms with Crippen LogP contribution >= 0.6 is 11.8 Å². The molecule has 0 spiro atoms. The molecule has 1 aliphatic carbocycles. The van der Waals surface area contributed by atoms with Crippen LogP contribution in [0.5, 0.6) is 0 Å². The van der Waals surface area contributed by atoms with Crippen molar-refractivity contribution in [1.29, 1.82) is 10.5 Å². The molecule has 34 heavy (non-hydrogen) atoms. The lowest BCUT2D eigenvalue weighted by Gasteiger charge is -2.27. The van der Waals surface area contributed by atoms with Crippen LogP contribution in [0.1, 0.15) is 48.5 Å². The lowest BCUT2D eigenvalue weighted by molar-refractivity contribution is 0.0995. The predicted molar refractivity (Wildman–Crippen MR) is 125 cm³/mol. The topological polar surface area (TPSA) is 103 Å². The Morgan fingerprint density at radius 1 is 1.09 bits per heavy atom. The molecule has 0 saturated heterocycles. The largest absolute Gasteiger partial charge is 0.393 e. The first-order chi connectivity index (χ1) is 16.5. The van der Waals surface area contributed by atoms with Crippen molar-refractivity contribution in [3.05, 3.63) is 65.5 Å². The third-order valence-electron chi connectivity index (χ3n) is 6.30. The summed E-state index contributed by atoms with van der Waals surface area (Å²) in [6.45, 7) is 2.01. The van der Waals surface area contributed by atoms with E-state index in [4.69, 9.17) is 0 Å². The summed E-state index contributed by atoms with van der Waals surface area (Å²) < 4.78 is 17.3. The molecule has 1 fully saturated rings. The second-order valence-corrected chi connectivity index (χ2v) is 9.56. The molecule has 4 aromatic rings. The molecule has 9 heteroatoms. The molecular weight excluding hydrogens is 451 g/mol. The van der Waals surface area contributed by atoms with Gasteiger partial charge >= 0.3 is 0 Å². The van der Waals surface area contributed by atoms with Crippen molar-refractivity contribution < 1.29 is 9.50 Å². The number of aliphatic hydroxyl groups is 1. The van der Waals surface area contributed by atoms with E-state index in [1.807, 2.05) is 36.1 Å². The molecule has 1 saturated carbocycles. The summed E-state index contributed by atoms with van der Waals surface area (Å²) in [5, 5.41) is 38.2. The number of pyridine rings is 1. The number of hydrogen-bond acceptors (Lipinski definition) is 6. The van der Waals surface area contributed by atoms with Gasteiger partial charge in [0.15, 0.2) is 0 Å². The van der Waals surface area contributed by atoms with Crippen molar-refractivity contribution in [1.82, 2.24) is 19.4 Å². The van der Waals surface area contributed by atoms with Gasteiger partial charge in [-0.2, -0.15) is 20.7 Å². The van der Waals surface area contributed by atoms with Gasteiger partial charge in [0.2, 0.25) is 0 Å². The highest BCUT2D eigenvalue weighted by molar-refractivity contribution is 7.99. The maximum atomic E-state index is 13.7. The first kappa shape index (κ1) is 22.1. The fourth-order valence-corrected chi connectivity index (χ4v) is 5.70. The van der Waals surface area contributed by atoms with Gasteiger partial charge in [0.05, 0.1) is 41.2 Å². The molecule has 1 N–H and O–H groups in total. The molecule has 2 atom stereocenters. The SMILES string of the molecule is Cc1c(-c2cc(Sc3ccc(F)cc3C#N)c3c(C#N)cnn3c2)cnn1[C@H]1CCC[C@H](O)C1. The minimum atomic E-state index is -0.474. The average molecular weight is 473 g/mol. The smallest absolute Gasteiger partial charge is 0.124 e. The van der Waals surface area contributed by atoms with E-state index in [1.165, 1.54) is 30.1 Å². The highest BCUT2D eigenvalue weighted by Crippen LogP contribution is 2.38. The number of benzene rings is 1. The van der Waals surface area contributed by atoms with Crippen LogP contribution in [0.25, 0.3) is 16.6 Å². The van der Waals surface area contributed by atoms with E-state index < -0.39 is 5.82 Å². The highest BCUT2D eigenvalue weighted by Gasteiger charge is 2.25. The van der Waals surface area contributed by atoms with Gasteiger partial charge in [-0.25, -0.2) is 8.91 Å². The third kappa shape index (κ3) is 3.94. The predicted octanol–water partition coefficient (Wildman–Crippen LogP) is 5.02. The molecule has 5 rings (SSSR count). The number of nitriles is 2. The summed E-state index contributed by atoms with van der Waals surface area (Å²) in [6, 6.07) is 10.4. The summed E-state index contributed by atoms with van der Waals surface area (Å²) in [4.78, 5) is 1.33. The first-order valence-corrected chi connectivity index (χ1v) is 11.8. The Labute approximate surface area is 200 Å². The van der Waals surface area contributed by atoms with Crippen LogP contribution in [-0.2, 0) is 0 Å². The number of rotatable bonds is 4. The Hall–Kier alpha value is -3.66. The number of nitrogens with zero attached hydrogens (tertiary/aromatic N) is 6. The summed E-state index contributed by atoms with van der Waals surface area (Å²) in [5.74, 6) is -0.474. The molecule has 3 heterocycles. The van der Waals surface area contributed by atoms with Crippen molar-refractivity contribution in [3.63, 3.8) is 0 Å². The summed E-state index contributed by atoms with van der Waals surface area (Å²) in [6.07, 6.45) is 8.35. The zero-order chi connectivity index (χ0) is 23.8. The van der Waals surface area contributed by atoms with Crippen molar-refractivity contribution in [2.45, 2.75) is 54.5 Å². The van der Waals surface area contributed by atoms with Gasteiger partial charge in [0.1, 0.15) is 18.0 Å². The number of aliphatic hydroxyl groups excluding tert-OH is 1. The van der Waals surface area contributed by atoms with Gasteiger partial charge in [0.25, 0.3) is 0 Å². The zero-order valence-electron chi connectivity index (χ0n) is 18.4. The summed E-state index contributed by atoms with van der Waals surface area (Å²) >= 11 is 1.30. The molecule has 0 radical (unpaired) electrons. The zero-order valence-corrected chi connectivity index (χ0v) is 19.3. The van der Waals surface area contributed by atoms with Crippen LogP contribution in [0.4, 0.5) is 4.39 Å². The van der Waals surface area contributed by atoms with Gasteiger partial charge in [0, 0.05) is 32.8 Å². The maximum absolute atomic E-state index is 13.7. The lowest BCUT2D eigenvalue weighted by Crippen LogP contribution is -2.23. The Kier molecular flexibility index (Phi) is 5.82. The Balaban J connectivity index is 1.61. The van der Waals surface area contributed by atoms with Crippen LogP contribution in [0, 0.1) is 35.4 Å². The molecule has 0 unspecified atom stereocenters. The number of halogens is 1. The average Bonchev–Trinajstić information content (AvgIpc) is 3.43. The minimum Gasteiger partial charge on any atom is -0.393 e. The summed E-state index contributed by atoms with van der Waals surface area (Å²) in [5.41, 5.74) is 4.05. The number of hydrogen-bond donors (Lipinski definition) is 1. The van der Waals surface area contributed by atoms with Gasteiger partial charge in [-0.05, 0) is 56.9 Å². The van der Waals surface area contributed by atoms with Crippen molar-refractivity contribution >= 4 is 17.3 Å². The molecule has 3 aromatic heterocycles. The first-order valence-electron chi connectivity index (χ1n) is 11.0. The van der Waals surface area contributed by atoms with Crippen molar-refractivity contribution in [3.8, 4) is 23.3 Å². The summed E-state index contributed by atoms with van der Waals surface area (Å²) in [7, 11) is 0. The van der Waals surface area contributed by atoms with E-state index in [-0.39, 0.29) is 17.7 Å². The molecule has 0 amide bonds. The van der Waals surface area contributed by atoms with E-state index in [2.05, 4.69) is 16.3 Å². The molecule has 170 valence electrons. The van der Waals surface area contributed by atoms with Crippen LogP contribution in [0.15, 0.2) is 52.6 Å². The van der Waals surface area contributed by atoms with Crippen molar-refractivity contribution in [2.24, 2.45) is 0 Å². The second-order valence-electron chi connectivity index (χ2n) is 8.47. The Morgan fingerprint density at radius 3 is 2.68 bits per heavy atom. The molecule has 1 aliphatic rings. The number of aromatic nitrogens is 4. The van der Waals surface area contributed by atoms with Gasteiger partial charge in [-0.3, -0.25) is 4.68 Å². The van der Waals surface area contributed by atoms with Crippen LogP contribution < -0.4 is 0 Å². The lowest BCUT2D eigenvalue weighted by atomic mass is 9.93. The molecule has 7 nitrogen and oxygen atoms in total. The third-order valence-corrected chi connectivity index (χ3v) is 7.41. The quantitative estimate of drug-likeness (QED) is 0.448.